The molecule has 3 aromatic heterocycles. The molecular weight excluding hydrogens is 403 g/mol. The van der Waals surface area contributed by atoms with Crippen molar-refractivity contribution in [2.75, 3.05) is 0 Å². The topological polar surface area (TPSA) is 91.8 Å². The van der Waals surface area contributed by atoms with Crippen LogP contribution in [-0.2, 0) is 22.6 Å². The van der Waals surface area contributed by atoms with Crippen LogP contribution in [0.1, 0.15) is 39.6 Å². The molecule has 0 saturated carbocycles. The highest BCUT2D eigenvalue weighted by Gasteiger charge is 2.52. The molecule has 1 N–H and O–H groups in total. The van der Waals surface area contributed by atoms with Crippen LogP contribution in [0.2, 0.25) is 0 Å². The van der Waals surface area contributed by atoms with Crippen LogP contribution >= 0.6 is 11.3 Å². The number of thiazole rings is 1. The Morgan fingerprint density at radius 1 is 1.22 bits per heavy atom. The van der Waals surface area contributed by atoms with Gasteiger partial charge in [0.2, 0.25) is 10.0 Å². The highest BCUT2D eigenvalue weighted by molar-refractivity contribution is 7.89. The maximum Gasteiger partial charge on any atom is 0.433 e. The zero-order valence-electron chi connectivity index (χ0n) is 13.3. The van der Waals surface area contributed by atoms with Crippen molar-refractivity contribution in [2.24, 2.45) is 0 Å². The Bertz CT molecular complexity index is 1130. The molecular formula is C15H10F3N5O2S2. The molecule has 5 rings (SSSR count). The summed E-state index contributed by atoms with van der Waals surface area (Å²) in [7, 11) is -4.09. The van der Waals surface area contributed by atoms with Crippen LogP contribution in [0.4, 0.5) is 13.2 Å². The summed E-state index contributed by atoms with van der Waals surface area (Å²) in [5.74, 6) is 0. The average Bonchev–Trinajstić information content (AvgIpc) is 3.32. The highest BCUT2D eigenvalue weighted by Crippen LogP contribution is 2.54. The third-order valence-corrected chi connectivity index (χ3v) is 7.60. The summed E-state index contributed by atoms with van der Waals surface area (Å²) in [6, 6.07) is 0.497. The van der Waals surface area contributed by atoms with Gasteiger partial charge >= 0.3 is 6.18 Å². The maximum absolute atomic E-state index is 13.3. The minimum atomic E-state index is -4.63. The molecule has 2 aliphatic rings. The predicted octanol–water partition coefficient (Wildman–Crippen LogP) is 2.67. The summed E-state index contributed by atoms with van der Waals surface area (Å²) in [5.41, 5.74) is 2.72. The number of alkyl halides is 3. The summed E-state index contributed by atoms with van der Waals surface area (Å²) in [4.78, 5) is 8.17. The van der Waals surface area contributed by atoms with Gasteiger partial charge in [0.1, 0.15) is 10.6 Å². The molecule has 2 aliphatic heterocycles. The first-order valence-electron chi connectivity index (χ1n) is 7.80. The van der Waals surface area contributed by atoms with E-state index in [0.29, 0.717) is 23.7 Å². The third kappa shape index (κ3) is 2.29. The highest BCUT2D eigenvalue weighted by atomic mass is 32.2. The number of H-pyrrole nitrogens is 1. The van der Waals surface area contributed by atoms with Crippen molar-refractivity contribution in [3.05, 3.63) is 57.6 Å². The fourth-order valence-corrected chi connectivity index (χ4v) is 6.31. The van der Waals surface area contributed by atoms with E-state index >= 15 is 0 Å². The van der Waals surface area contributed by atoms with Crippen molar-refractivity contribution in [2.45, 2.75) is 29.6 Å². The fraction of sp³-hybridized carbons (Fsp3) is 0.267. The monoisotopic (exact) mass is 413 g/mol. The first-order valence-corrected chi connectivity index (χ1v) is 10.1. The van der Waals surface area contributed by atoms with Gasteiger partial charge in [-0.2, -0.15) is 22.6 Å². The molecule has 2 bridgehead atoms. The van der Waals surface area contributed by atoms with Crippen LogP contribution in [0.25, 0.3) is 0 Å². The van der Waals surface area contributed by atoms with Crippen LogP contribution in [0.15, 0.2) is 34.9 Å². The Morgan fingerprint density at radius 3 is 2.74 bits per heavy atom. The minimum absolute atomic E-state index is 0.285. The van der Waals surface area contributed by atoms with Gasteiger partial charge in [-0.05, 0) is 12.1 Å². The molecule has 0 fully saturated rings. The Balaban J connectivity index is 1.61. The Morgan fingerprint density at radius 2 is 2.04 bits per heavy atom. The second-order valence-corrected chi connectivity index (χ2v) is 8.97. The molecule has 3 aromatic rings. The van der Waals surface area contributed by atoms with Crippen molar-refractivity contribution in [3.8, 4) is 0 Å². The third-order valence-electron chi connectivity index (χ3n) is 4.79. The number of hydrogen-bond donors (Lipinski definition) is 1. The molecule has 5 heterocycles. The zero-order chi connectivity index (χ0) is 19.0. The summed E-state index contributed by atoms with van der Waals surface area (Å²) in [6.45, 7) is 0. The van der Waals surface area contributed by atoms with Gasteiger partial charge in [0.05, 0.1) is 29.5 Å². The first-order chi connectivity index (χ1) is 12.8. The number of aromatic amines is 1. The molecule has 0 spiro atoms. The van der Waals surface area contributed by atoms with E-state index in [9.17, 15) is 21.6 Å². The number of rotatable bonds is 2. The van der Waals surface area contributed by atoms with E-state index in [2.05, 4.69) is 20.2 Å². The van der Waals surface area contributed by atoms with Crippen molar-refractivity contribution in [3.63, 3.8) is 0 Å². The number of aromatic nitrogens is 4. The van der Waals surface area contributed by atoms with Crippen molar-refractivity contribution >= 4 is 21.4 Å². The molecule has 0 radical (unpaired) electrons. The van der Waals surface area contributed by atoms with Gasteiger partial charge in [0, 0.05) is 28.8 Å². The van der Waals surface area contributed by atoms with Crippen molar-refractivity contribution < 1.29 is 21.6 Å². The Labute approximate surface area is 154 Å². The first kappa shape index (κ1) is 16.8. The molecule has 0 saturated heterocycles. The second-order valence-electron chi connectivity index (χ2n) is 6.24. The number of halogens is 3. The van der Waals surface area contributed by atoms with E-state index in [0.717, 1.165) is 22.8 Å². The lowest BCUT2D eigenvalue weighted by atomic mass is 10.0. The molecule has 12 heteroatoms. The van der Waals surface area contributed by atoms with Crippen LogP contribution in [0.3, 0.4) is 0 Å². The SMILES string of the molecule is O=S(=O)(c1ccc(C(F)(F)F)nc1)N1[C@H]2c3cn[nH]c3C[C@@H]1c1scnc12. The number of nitrogens with zero attached hydrogens (tertiary/aromatic N) is 4. The fourth-order valence-electron chi connectivity index (χ4n) is 3.64. The van der Waals surface area contributed by atoms with Crippen LogP contribution < -0.4 is 0 Å². The maximum atomic E-state index is 13.3. The number of fused-ring (bicyclic) bond motifs is 7. The van der Waals surface area contributed by atoms with E-state index in [1.807, 2.05) is 0 Å². The zero-order valence-corrected chi connectivity index (χ0v) is 14.9. The standard InChI is InChI=1S/C15H10F3N5O2S2/c16-15(17,18)11-2-1-7(4-19-11)27(24,25)23-10-3-9-8(5-21-22-9)13(23)12-14(10)26-6-20-12/h1-2,4-6,10,13H,3H2,(H,21,22)/t10-,13+/m1/s1. The molecule has 27 heavy (non-hydrogen) atoms. The van der Waals surface area contributed by atoms with Gasteiger partial charge in [-0.3, -0.25) is 10.1 Å². The number of sulfonamides is 1. The normalized spacial score (nSPS) is 21.9. The molecule has 0 aromatic carbocycles. The van der Waals surface area contributed by atoms with Crippen molar-refractivity contribution in [1.29, 1.82) is 0 Å². The number of pyridine rings is 1. The van der Waals surface area contributed by atoms with Crippen molar-refractivity contribution in [1.82, 2.24) is 24.5 Å². The second kappa shape index (κ2) is 5.36. The largest absolute Gasteiger partial charge is 0.433 e. The van der Waals surface area contributed by atoms with Gasteiger partial charge in [0.15, 0.2) is 0 Å². The smallest absolute Gasteiger partial charge is 0.282 e. The minimum Gasteiger partial charge on any atom is -0.282 e. The van der Waals surface area contributed by atoms with E-state index < -0.39 is 34.0 Å². The molecule has 7 nitrogen and oxygen atoms in total. The van der Waals surface area contributed by atoms with Gasteiger partial charge in [0.25, 0.3) is 0 Å². The molecule has 140 valence electrons. The molecule has 0 unspecified atom stereocenters. The summed E-state index contributed by atoms with van der Waals surface area (Å²) in [6.07, 6.45) is -1.91. The van der Waals surface area contributed by atoms with Crippen LogP contribution in [-0.4, -0.2) is 32.9 Å². The quantitative estimate of drug-likeness (QED) is 0.698. The average molecular weight is 413 g/mol. The van der Waals surface area contributed by atoms with Gasteiger partial charge in [-0.1, -0.05) is 0 Å². The lowest BCUT2D eigenvalue weighted by Crippen LogP contribution is -2.38. The van der Waals surface area contributed by atoms with Crippen LogP contribution in [0, 0.1) is 0 Å². The van der Waals surface area contributed by atoms with Gasteiger partial charge < -0.3 is 0 Å². The molecule has 2 atom stereocenters. The van der Waals surface area contributed by atoms with E-state index in [1.54, 1.807) is 11.7 Å². The summed E-state index contributed by atoms with van der Waals surface area (Å²) < 4.78 is 66.0. The van der Waals surface area contributed by atoms with E-state index in [1.165, 1.54) is 15.6 Å². The number of nitrogens with one attached hydrogen (secondary N) is 1. The van der Waals surface area contributed by atoms with Gasteiger partial charge in [-0.15, -0.1) is 11.3 Å². The van der Waals surface area contributed by atoms with Gasteiger partial charge in [-0.25, -0.2) is 13.4 Å². The van der Waals surface area contributed by atoms with E-state index in [-0.39, 0.29) is 4.90 Å². The Kier molecular flexibility index (Phi) is 3.34. The lowest BCUT2D eigenvalue weighted by molar-refractivity contribution is -0.141. The Hall–Kier alpha value is -2.31. The summed E-state index contributed by atoms with van der Waals surface area (Å²) in [5, 5.41) is 6.89. The molecule has 0 aliphatic carbocycles. The summed E-state index contributed by atoms with van der Waals surface area (Å²) >= 11 is 1.37. The van der Waals surface area contributed by atoms with Crippen LogP contribution in [0.5, 0.6) is 0 Å². The van der Waals surface area contributed by atoms with E-state index in [4.69, 9.17) is 0 Å². The lowest BCUT2D eigenvalue weighted by Gasteiger charge is -2.33. The predicted molar refractivity (Wildman–Crippen MR) is 87.3 cm³/mol. The number of hydrogen-bond acceptors (Lipinski definition) is 6. The molecule has 0 amide bonds.